The summed E-state index contributed by atoms with van der Waals surface area (Å²) in [6.45, 7) is 0. The average molecular weight is 437 g/mol. The van der Waals surface area contributed by atoms with Gasteiger partial charge in [0.2, 0.25) is 11.4 Å². The molecule has 0 unspecified atom stereocenters. The van der Waals surface area contributed by atoms with E-state index in [0.717, 1.165) is 0 Å². The van der Waals surface area contributed by atoms with Crippen LogP contribution in [-0.4, -0.2) is 27.3 Å². The van der Waals surface area contributed by atoms with Crippen molar-refractivity contribution in [2.45, 2.75) is 0 Å². The highest BCUT2D eigenvalue weighted by atomic mass is 31.2. The van der Waals surface area contributed by atoms with Crippen LogP contribution in [-0.2, 0) is 9.36 Å². The number of hydrogen-bond acceptors (Lipinski definition) is 8. The Morgan fingerprint density at radius 2 is 1.52 bits per heavy atom. The molecule has 0 saturated heterocycles. The monoisotopic (exact) mass is 437 g/mol. The maximum absolute atomic E-state index is 13.9. The molecule has 10 nitrogen and oxygen atoms in total. The lowest BCUT2D eigenvalue weighted by Gasteiger charge is -2.19. The van der Waals surface area contributed by atoms with E-state index in [1.165, 1.54) is 12.1 Å². The predicted octanol–water partition coefficient (Wildman–Crippen LogP) is 2.59. The van der Waals surface area contributed by atoms with Crippen LogP contribution < -0.4 is 21.5 Å². The molecule has 0 atom stereocenters. The van der Waals surface area contributed by atoms with Crippen LogP contribution in [0.2, 0.25) is 0 Å². The Hall–Kier alpha value is -4.04. The number of amides is 1. The van der Waals surface area contributed by atoms with Crippen molar-refractivity contribution < 1.29 is 18.9 Å². The molecule has 1 heterocycles. The first-order valence-electron chi connectivity index (χ1n) is 9.14. The Labute approximate surface area is 175 Å². The zero-order valence-corrected chi connectivity index (χ0v) is 16.9. The van der Waals surface area contributed by atoms with E-state index in [9.17, 15) is 19.5 Å². The van der Waals surface area contributed by atoms with Crippen LogP contribution in [0.5, 0.6) is 0 Å². The molecule has 0 bridgehead atoms. The van der Waals surface area contributed by atoms with Gasteiger partial charge in [-0.1, -0.05) is 60.7 Å². The van der Waals surface area contributed by atoms with Gasteiger partial charge in [-0.25, -0.2) is 4.63 Å². The zero-order chi connectivity index (χ0) is 21.8. The van der Waals surface area contributed by atoms with Gasteiger partial charge in [0.05, 0.1) is 16.8 Å². The van der Waals surface area contributed by atoms with Gasteiger partial charge in [0, 0.05) is 16.7 Å². The van der Waals surface area contributed by atoms with Gasteiger partial charge in [0.25, 0.3) is 0 Å². The number of carbonyl (C=O) groups excluding carboxylic acids is 1. The average Bonchev–Trinajstić information content (AvgIpc) is 3.28. The summed E-state index contributed by atoms with van der Waals surface area (Å²) in [5.74, 6) is -0.529. The van der Waals surface area contributed by atoms with E-state index in [1.54, 1.807) is 48.5 Å². The SMILES string of the molecule is O=C(CP(=O)(c1ccccc1)c1ccccc1)NNc1ccc([N+](=O)[O-])c2nonc12. The number of nitro benzene ring substituents is 1. The molecule has 0 radical (unpaired) electrons. The summed E-state index contributed by atoms with van der Waals surface area (Å²) in [5, 5.41) is 19.4. The first-order valence-corrected chi connectivity index (χ1v) is 11.0. The van der Waals surface area contributed by atoms with E-state index in [4.69, 9.17) is 0 Å². The normalized spacial score (nSPS) is 11.2. The summed E-state index contributed by atoms with van der Waals surface area (Å²) < 4.78 is 18.5. The van der Waals surface area contributed by atoms with E-state index in [0.29, 0.717) is 10.6 Å². The molecular weight excluding hydrogens is 421 g/mol. The molecule has 2 N–H and O–H groups in total. The minimum atomic E-state index is -3.25. The van der Waals surface area contributed by atoms with Crippen molar-refractivity contribution in [1.82, 2.24) is 15.7 Å². The van der Waals surface area contributed by atoms with Crippen molar-refractivity contribution in [3.63, 3.8) is 0 Å². The van der Waals surface area contributed by atoms with Crippen LogP contribution in [0, 0.1) is 10.1 Å². The summed E-state index contributed by atoms with van der Waals surface area (Å²) in [6, 6.07) is 20.2. The molecule has 4 aromatic rings. The third-order valence-electron chi connectivity index (χ3n) is 4.64. The second-order valence-electron chi connectivity index (χ2n) is 6.59. The molecule has 1 amide bonds. The minimum absolute atomic E-state index is 0.0523. The van der Waals surface area contributed by atoms with Crippen LogP contribution in [0.4, 0.5) is 11.4 Å². The first kappa shape index (κ1) is 20.2. The number of nitrogens with zero attached hydrogens (tertiary/aromatic N) is 3. The van der Waals surface area contributed by atoms with Crippen LogP contribution in [0.1, 0.15) is 0 Å². The van der Waals surface area contributed by atoms with Gasteiger partial charge in [-0.3, -0.25) is 25.8 Å². The molecule has 156 valence electrons. The molecule has 31 heavy (non-hydrogen) atoms. The van der Waals surface area contributed by atoms with E-state index >= 15 is 0 Å². The van der Waals surface area contributed by atoms with Crippen molar-refractivity contribution in [3.05, 3.63) is 82.9 Å². The molecule has 1 aromatic heterocycles. The number of rotatable bonds is 7. The Balaban J connectivity index is 1.57. The smallest absolute Gasteiger partial charge is 0.300 e. The number of fused-ring (bicyclic) bond motifs is 1. The van der Waals surface area contributed by atoms with Gasteiger partial charge >= 0.3 is 5.69 Å². The molecule has 0 spiro atoms. The first-order chi connectivity index (χ1) is 15.0. The lowest BCUT2D eigenvalue weighted by molar-refractivity contribution is -0.383. The molecule has 0 saturated carbocycles. The molecule has 4 rings (SSSR count). The Bertz CT molecular complexity index is 1250. The zero-order valence-electron chi connectivity index (χ0n) is 16.0. The molecule has 0 aliphatic carbocycles. The van der Waals surface area contributed by atoms with Crippen LogP contribution in [0.15, 0.2) is 77.4 Å². The number of anilines is 1. The fraction of sp³-hybridized carbons (Fsp3) is 0.0500. The summed E-state index contributed by atoms with van der Waals surface area (Å²) in [5.41, 5.74) is 5.16. The highest BCUT2D eigenvalue weighted by molar-refractivity contribution is 7.79. The van der Waals surface area contributed by atoms with Gasteiger partial charge in [-0.15, -0.1) is 0 Å². The highest BCUT2D eigenvalue weighted by Gasteiger charge is 2.30. The quantitative estimate of drug-likeness (QED) is 0.255. The van der Waals surface area contributed by atoms with Gasteiger partial charge < -0.3 is 4.57 Å². The number of nitrogens with one attached hydrogen (secondary N) is 2. The van der Waals surface area contributed by atoms with Crippen LogP contribution in [0.3, 0.4) is 0 Å². The van der Waals surface area contributed by atoms with E-state index in [2.05, 4.69) is 25.8 Å². The maximum Gasteiger partial charge on any atom is 0.300 e. The van der Waals surface area contributed by atoms with Crippen molar-refractivity contribution in [2.75, 3.05) is 11.6 Å². The molecule has 0 aliphatic rings. The Morgan fingerprint density at radius 1 is 0.935 bits per heavy atom. The number of carbonyl (C=O) groups is 1. The highest BCUT2D eigenvalue weighted by Crippen LogP contribution is 2.42. The Kier molecular flexibility index (Phi) is 5.46. The topological polar surface area (TPSA) is 140 Å². The fourth-order valence-corrected chi connectivity index (χ4v) is 5.60. The number of hydrogen-bond donors (Lipinski definition) is 2. The maximum atomic E-state index is 13.9. The Morgan fingerprint density at radius 3 is 2.10 bits per heavy atom. The lowest BCUT2D eigenvalue weighted by Crippen LogP contribution is -2.34. The summed E-state index contributed by atoms with van der Waals surface area (Å²) >= 11 is 0. The number of non-ortho nitro benzene ring substituents is 1. The molecule has 3 aromatic carbocycles. The third-order valence-corrected chi connectivity index (χ3v) is 7.64. The third kappa shape index (κ3) is 4.01. The standard InChI is InChI=1S/C20H16N5O5P/c26-18(22-21-16-11-12-17(25(27)28)20-19(16)23-30-24-20)13-31(29,14-7-3-1-4-8-14)15-9-5-2-6-10-15/h1-12,21H,13H2,(H,22,26). The van der Waals surface area contributed by atoms with Gasteiger partial charge in [-0.2, -0.15) is 0 Å². The predicted molar refractivity (Wildman–Crippen MR) is 115 cm³/mol. The lowest BCUT2D eigenvalue weighted by atomic mass is 10.2. The van der Waals surface area contributed by atoms with Crippen LogP contribution >= 0.6 is 7.14 Å². The molecule has 0 fully saturated rings. The second-order valence-corrected chi connectivity index (χ2v) is 9.42. The van der Waals surface area contributed by atoms with Crippen molar-refractivity contribution in [2.24, 2.45) is 0 Å². The molecule has 0 aliphatic heterocycles. The largest absolute Gasteiger partial charge is 0.313 e. The fourth-order valence-electron chi connectivity index (χ4n) is 3.15. The van der Waals surface area contributed by atoms with E-state index < -0.39 is 18.0 Å². The van der Waals surface area contributed by atoms with Gasteiger partial charge in [0.15, 0.2) is 12.7 Å². The number of aromatic nitrogens is 2. The number of benzene rings is 3. The summed E-state index contributed by atoms with van der Waals surface area (Å²) in [4.78, 5) is 23.2. The van der Waals surface area contributed by atoms with Crippen molar-refractivity contribution in [1.29, 1.82) is 0 Å². The van der Waals surface area contributed by atoms with Gasteiger partial charge in [-0.05, 0) is 16.4 Å². The molecule has 11 heteroatoms. The van der Waals surface area contributed by atoms with E-state index in [-0.39, 0.29) is 28.6 Å². The van der Waals surface area contributed by atoms with Gasteiger partial charge in [0.1, 0.15) is 0 Å². The minimum Gasteiger partial charge on any atom is -0.313 e. The summed E-state index contributed by atoms with van der Waals surface area (Å²) in [6.07, 6.45) is -0.277. The van der Waals surface area contributed by atoms with Crippen molar-refractivity contribution in [3.8, 4) is 0 Å². The van der Waals surface area contributed by atoms with Crippen molar-refractivity contribution >= 4 is 46.1 Å². The summed E-state index contributed by atoms with van der Waals surface area (Å²) in [7, 11) is -3.25. The number of hydrazine groups is 1. The number of nitro groups is 1. The van der Waals surface area contributed by atoms with Crippen LogP contribution in [0.25, 0.3) is 11.0 Å². The van der Waals surface area contributed by atoms with E-state index in [1.807, 2.05) is 12.1 Å². The molecular formula is C20H16N5O5P. The second kappa shape index (κ2) is 8.37.